The second-order valence-corrected chi connectivity index (χ2v) is 6.31. The van der Waals surface area contributed by atoms with Crippen LogP contribution < -0.4 is 5.32 Å². The predicted octanol–water partition coefficient (Wildman–Crippen LogP) is 3.79. The first kappa shape index (κ1) is 14.1. The van der Waals surface area contributed by atoms with E-state index in [0.29, 0.717) is 0 Å². The van der Waals surface area contributed by atoms with Crippen LogP contribution in [-0.4, -0.2) is 31.1 Å². The fraction of sp³-hybridized carbons (Fsp3) is 0.375. The zero-order valence-corrected chi connectivity index (χ0v) is 13.0. The minimum absolute atomic E-state index is 0.273. The number of thiophene rings is 1. The number of benzene rings is 1. The fourth-order valence-corrected chi connectivity index (χ4v) is 3.76. The highest BCUT2D eigenvalue weighted by Gasteiger charge is 2.25. The molecule has 1 aromatic heterocycles. The van der Waals surface area contributed by atoms with Crippen LogP contribution in [-0.2, 0) is 0 Å². The summed E-state index contributed by atoms with van der Waals surface area (Å²) < 4.78 is 0. The Morgan fingerprint density at radius 1 is 1.15 bits per heavy atom. The van der Waals surface area contributed by atoms with Gasteiger partial charge in [0.15, 0.2) is 0 Å². The van der Waals surface area contributed by atoms with Crippen molar-refractivity contribution in [2.75, 3.05) is 26.2 Å². The van der Waals surface area contributed by atoms with Gasteiger partial charge >= 0.3 is 0 Å². The highest BCUT2D eigenvalue weighted by molar-refractivity contribution is 7.08. The Kier molecular flexibility index (Phi) is 4.73. The zero-order chi connectivity index (χ0) is 13.8. The van der Waals surface area contributed by atoms with Crippen molar-refractivity contribution in [1.29, 1.82) is 0 Å². The van der Waals surface area contributed by atoms with Gasteiger partial charge in [0.25, 0.3) is 0 Å². The Balaban J connectivity index is 1.98. The summed E-state index contributed by atoms with van der Waals surface area (Å²) in [7, 11) is 0. The molecule has 1 unspecified atom stereocenters. The Hall–Kier alpha value is -0.870. The van der Waals surface area contributed by atoms with Crippen LogP contribution in [0.3, 0.4) is 0 Å². The molecule has 1 aromatic carbocycles. The van der Waals surface area contributed by atoms with Crippen molar-refractivity contribution in [2.24, 2.45) is 0 Å². The maximum absolute atomic E-state index is 6.46. The standard InChI is InChI=1S/C16H19ClN2S/c17-15-5-2-1-4-14(15)16(13-6-11-20-12-13)19-9-3-7-18-8-10-19/h1-2,4-6,11-12,16,18H,3,7-10H2. The van der Waals surface area contributed by atoms with Gasteiger partial charge in [0.2, 0.25) is 0 Å². The van der Waals surface area contributed by atoms with Crippen LogP contribution >= 0.6 is 22.9 Å². The van der Waals surface area contributed by atoms with E-state index in [9.17, 15) is 0 Å². The van der Waals surface area contributed by atoms with Crippen LogP contribution in [0.5, 0.6) is 0 Å². The first-order valence-corrected chi connectivity index (χ1v) is 8.39. The van der Waals surface area contributed by atoms with Crippen molar-refractivity contribution in [3.05, 3.63) is 57.2 Å². The van der Waals surface area contributed by atoms with Crippen LogP contribution in [0.25, 0.3) is 0 Å². The molecule has 20 heavy (non-hydrogen) atoms. The fourth-order valence-electron chi connectivity index (χ4n) is 2.84. The summed E-state index contributed by atoms with van der Waals surface area (Å²) in [5, 5.41) is 8.72. The first-order chi connectivity index (χ1) is 9.86. The van der Waals surface area contributed by atoms with Crippen LogP contribution in [0, 0.1) is 0 Å². The third-order valence-corrected chi connectivity index (χ3v) is 4.84. The molecule has 0 bridgehead atoms. The number of hydrogen-bond donors (Lipinski definition) is 1. The lowest BCUT2D eigenvalue weighted by Crippen LogP contribution is -2.33. The van der Waals surface area contributed by atoms with Crippen molar-refractivity contribution in [1.82, 2.24) is 10.2 Å². The highest BCUT2D eigenvalue weighted by Crippen LogP contribution is 2.34. The van der Waals surface area contributed by atoms with E-state index in [1.807, 2.05) is 12.1 Å². The molecule has 106 valence electrons. The number of rotatable bonds is 3. The highest BCUT2D eigenvalue weighted by atomic mass is 35.5. The van der Waals surface area contributed by atoms with Gasteiger partial charge in [-0.2, -0.15) is 11.3 Å². The lowest BCUT2D eigenvalue weighted by Gasteiger charge is -2.31. The van der Waals surface area contributed by atoms with Crippen molar-refractivity contribution in [2.45, 2.75) is 12.5 Å². The Bertz CT molecular complexity index is 533. The van der Waals surface area contributed by atoms with Crippen LogP contribution in [0.1, 0.15) is 23.6 Å². The Labute approximate surface area is 129 Å². The molecule has 2 nitrogen and oxygen atoms in total. The van der Waals surface area contributed by atoms with Gasteiger partial charge in [0.1, 0.15) is 0 Å². The Morgan fingerprint density at radius 2 is 2.05 bits per heavy atom. The van der Waals surface area contributed by atoms with Crippen LogP contribution in [0.15, 0.2) is 41.1 Å². The van der Waals surface area contributed by atoms with Gasteiger partial charge in [-0.15, -0.1) is 0 Å². The van der Waals surface area contributed by atoms with Gasteiger partial charge in [0, 0.05) is 24.7 Å². The molecule has 1 aliphatic heterocycles. The lowest BCUT2D eigenvalue weighted by atomic mass is 9.99. The summed E-state index contributed by atoms with van der Waals surface area (Å²) in [5.74, 6) is 0. The summed E-state index contributed by atoms with van der Waals surface area (Å²) in [6.45, 7) is 4.32. The molecule has 2 heterocycles. The maximum atomic E-state index is 6.46. The van der Waals surface area contributed by atoms with Crippen LogP contribution in [0.4, 0.5) is 0 Å². The molecule has 1 N–H and O–H groups in total. The number of halogens is 1. The minimum atomic E-state index is 0.273. The molecule has 0 aliphatic carbocycles. The van der Waals surface area contributed by atoms with Gasteiger partial charge in [-0.1, -0.05) is 29.8 Å². The van der Waals surface area contributed by atoms with Crippen molar-refractivity contribution >= 4 is 22.9 Å². The molecule has 0 saturated carbocycles. The molecule has 1 saturated heterocycles. The molecular formula is C16H19ClN2S. The van der Waals surface area contributed by atoms with E-state index >= 15 is 0 Å². The summed E-state index contributed by atoms with van der Waals surface area (Å²) in [5.41, 5.74) is 2.57. The number of nitrogens with zero attached hydrogens (tertiary/aromatic N) is 1. The second kappa shape index (κ2) is 6.72. The molecular weight excluding hydrogens is 288 g/mol. The van der Waals surface area contributed by atoms with E-state index in [2.05, 4.69) is 39.2 Å². The number of nitrogens with one attached hydrogen (secondary N) is 1. The summed E-state index contributed by atoms with van der Waals surface area (Å²) in [4.78, 5) is 2.54. The van der Waals surface area contributed by atoms with Gasteiger partial charge in [-0.3, -0.25) is 4.90 Å². The predicted molar refractivity (Wildman–Crippen MR) is 86.7 cm³/mol. The SMILES string of the molecule is Clc1ccccc1C(c1ccsc1)N1CCCNCC1. The second-order valence-electron chi connectivity index (χ2n) is 5.12. The third kappa shape index (κ3) is 3.07. The van der Waals surface area contributed by atoms with E-state index in [1.54, 1.807) is 11.3 Å². The summed E-state index contributed by atoms with van der Waals surface area (Å²) >= 11 is 8.21. The smallest absolute Gasteiger partial charge is 0.0625 e. The first-order valence-electron chi connectivity index (χ1n) is 7.07. The van der Waals surface area contributed by atoms with Crippen molar-refractivity contribution < 1.29 is 0 Å². The van der Waals surface area contributed by atoms with Gasteiger partial charge in [0.05, 0.1) is 6.04 Å². The third-order valence-electron chi connectivity index (χ3n) is 3.80. The van der Waals surface area contributed by atoms with Gasteiger partial charge < -0.3 is 5.32 Å². The van der Waals surface area contributed by atoms with Gasteiger partial charge in [-0.05, 0) is 47.0 Å². The van der Waals surface area contributed by atoms with Crippen LogP contribution in [0.2, 0.25) is 5.02 Å². The molecule has 1 fully saturated rings. The van der Waals surface area contributed by atoms with Gasteiger partial charge in [-0.25, -0.2) is 0 Å². The topological polar surface area (TPSA) is 15.3 Å². The lowest BCUT2D eigenvalue weighted by molar-refractivity contribution is 0.241. The normalized spacial score (nSPS) is 18.6. The molecule has 4 heteroatoms. The van der Waals surface area contributed by atoms with E-state index < -0.39 is 0 Å². The molecule has 1 aliphatic rings. The molecule has 0 spiro atoms. The van der Waals surface area contributed by atoms with E-state index in [-0.39, 0.29) is 6.04 Å². The average molecular weight is 307 g/mol. The minimum Gasteiger partial charge on any atom is -0.315 e. The van der Waals surface area contributed by atoms with E-state index in [0.717, 1.165) is 31.2 Å². The quantitative estimate of drug-likeness (QED) is 0.928. The Morgan fingerprint density at radius 3 is 2.85 bits per heavy atom. The molecule has 3 rings (SSSR count). The zero-order valence-electron chi connectivity index (χ0n) is 11.4. The monoisotopic (exact) mass is 306 g/mol. The molecule has 1 atom stereocenters. The van der Waals surface area contributed by atoms with E-state index in [4.69, 9.17) is 11.6 Å². The molecule has 2 aromatic rings. The van der Waals surface area contributed by atoms with E-state index in [1.165, 1.54) is 17.5 Å². The maximum Gasteiger partial charge on any atom is 0.0625 e. The number of hydrogen-bond acceptors (Lipinski definition) is 3. The summed E-state index contributed by atoms with van der Waals surface area (Å²) in [6, 6.07) is 10.7. The summed E-state index contributed by atoms with van der Waals surface area (Å²) in [6.07, 6.45) is 1.19. The van der Waals surface area contributed by atoms with Crippen molar-refractivity contribution in [3.8, 4) is 0 Å². The largest absolute Gasteiger partial charge is 0.315 e. The average Bonchev–Trinajstić information content (AvgIpc) is 2.85. The molecule has 0 radical (unpaired) electrons. The van der Waals surface area contributed by atoms with Crippen molar-refractivity contribution in [3.63, 3.8) is 0 Å². The molecule has 0 amide bonds.